The van der Waals surface area contributed by atoms with E-state index in [0.29, 0.717) is 6.54 Å². The van der Waals surface area contributed by atoms with E-state index in [0.717, 1.165) is 10.7 Å². The van der Waals surface area contributed by atoms with Crippen molar-refractivity contribution in [3.05, 3.63) is 81.7 Å². The van der Waals surface area contributed by atoms with E-state index in [2.05, 4.69) is 59.7 Å². The van der Waals surface area contributed by atoms with E-state index < -0.39 is 0 Å². The normalized spacial score (nSPS) is 12.7. The average Bonchev–Trinajstić information content (AvgIpc) is 3.08. The average molecular weight is 335 g/mol. The number of fused-ring (bicyclic) bond motifs is 2. The molecule has 2 aromatic carbocycles. The fraction of sp³-hybridized carbons (Fsp3) is 0.158. The zero-order chi connectivity index (χ0) is 16.5. The first-order chi connectivity index (χ1) is 11.7. The number of rotatable bonds is 4. The van der Waals surface area contributed by atoms with Crippen molar-refractivity contribution in [2.45, 2.75) is 19.5 Å². The van der Waals surface area contributed by atoms with Crippen LogP contribution in [0.3, 0.4) is 0 Å². The summed E-state index contributed by atoms with van der Waals surface area (Å²) in [4.78, 5) is 17.3. The summed E-state index contributed by atoms with van der Waals surface area (Å²) in [5.74, 6) is 0. The Bertz CT molecular complexity index is 1060. The van der Waals surface area contributed by atoms with E-state index in [1.807, 2.05) is 5.38 Å². The Morgan fingerprint density at radius 1 is 1.21 bits per heavy atom. The molecule has 4 nitrogen and oxygen atoms in total. The second-order valence-corrected chi connectivity index (χ2v) is 6.69. The van der Waals surface area contributed by atoms with Gasteiger partial charge in [0.25, 0.3) is 5.56 Å². The molecule has 0 fully saturated rings. The van der Waals surface area contributed by atoms with Crippen LogP contribution in [0.5, 0.6) is 0 Å². The van der Waals surface area contributed by atoms with Gasteiger partial charge in [-0.2, -0.15) is 0 Å². The van der Waals surface area contributed by atoms with Crippen LogP contribution in [0.1, 0.15) is 24.2 Å². The summed E-state index contributed by atoms with van der Waals surface area (Å²) in [5.41, 5.74) is 1.99. The molecule has 0 saturated carbocycles. The maximum Gasteiger partial charge on any atom is 0.258 e. The Labute approximate surface area is 143 Å². The fourth-order valence-electron chi connectivity index (χ4n) is 2.97. The molecular weight excluding hydrogens is 318 g/mol. The van der Waals surface area contributed by atoms with Crippen molar-refractivity contribution in [1.82, 2.24) is 14.7 Å². The van der Waals surface area contributed by atoms with Crippen LogP contribution in [0.15, 0.2) is 64.9 Å². The Hall–Kier alpha value is -2.50. The molecular formula is C19H17N3OS. The molecule has 0 bridgehead atoms. The molecule has 0 aliphatic rings. The lowest BCUT2D eigenvalue weighted by molar-refractivity contribution is 0.571. The molecule has 4 aromatic rings. The van der Waals surface area contributed by atoms with Crippen molar-refractivity contribution in [3.8, 4) is 0 Å². The highest BCUT2D eigenvalue weighted by molar-refractivity contribution is 7.15. The molecule has 1 atom stereocenters. The van der Waals surface area contributed by atoms with Gasteiger partial charge in [-0.3, -0.25) is 9.20 Å². The molecule has 120 valence electrons. The van der Waals surface area contributed by atoms with E-state index in [9.17, 15) is 4.79 Å². The monoisotopic (exact) mass is 335 g/mol. The van der Waals surface area contributed by atoms with Crippen LogP contribution in [0, 0.1) is 0 Å². The van der Waals surface area contributed by atoms with Gasteiger partial charge in [0.15, 0.2) is 4.96 Å². The van der Waals surface area contributed by atoms with E-state index in [-0.39, 0.29) is 11.6 Å². The molecule has 24 heavy (non-hydrogen) atoms. The maximum atomic E-state index is 12.1. The maximum absolute atomic E-state index is 12.1. The molecule has 0 amide bonds. The number of benzene rings is 2. The summed E-state index contributed by atoms with van der Waals surface area (Å²) in [6, 6.07) is 16.5. The van der Waals surface area contributed by atoms with Crippen molar-refractivity contribution in [3.63, 3.8) is 0 Å². The number of hydrogen-bond acceptors (Lipinski definition) is 4. The van der Waals surface area contributed by atoms with Crippen LogP contribution in [-0.2, 0) is 6.54 Å². The SMILES string of the molecule is C[C@H](NCc1cc(=O)n2ccsc2n1)c1cccc2ccccc12. The molecule has 0 aliphatic carbocycles. The summed E-state index contributed by atoms with van der Waals surface area (Å²) in [5, 5.41) is 7.85. The topological polar surface area (TPSA) is 46.4 Å². The van der Waals surface area contributed by atoms with Gasteiger partial charge in [-0.05, 0) is 23.3 Å². The first kappa shape index (κ1) is 15.1. The minimum Gasteiger partial charge on any atom is -0.305 e. The number of thiazole rings is 1. The van der Waals surface area contributed by atoms with Gasteiger partial charge in [-0.15, -0.1) is 11.3 Å². The van der Waals surface area contributed by atoms with Crippen molar-refractivity contribution >= 4 is 27.1 Å². The van der Waals surface area contributed by atoms with Crippen LogP contribution in [0.2, 0.25) is 0 Å². The van der Waals surface area contributed by atoms with Gasteiger partial charge in [0.05, 0.1) is 5.69 Å². The molecule has 0 saturated heterocycles. The second kappa shape index (κ2) is 6.19. The van der Waals surface area contributed by atoms with Crippen molar-refractivity contribution < 1.29 is 0 Å². The standard InChI is InChI=1S/C19H17N3OS/c1-13(16-8-4-6-14-5-2-3-7-17(14)16)20-12-15-11-18(23)22-9-10-24-19(22)21-15/h2-11,13,20H,12H2,1H3/t13-/m0/s1. The fourth-order valence-corrected chi connectivity index (χ4v) is 3.71. The smallest absolute Gasteiger partial charge is 0.258 e. The van der Waals surface area contributed by atoms with E-state index in [1.54, 1.807) is 16.7 Å². The van der Waals surface area contributed by atoms with E-state index >= 15 is 0 Å². The molecule has 0 aliphatic heterocycles. The minimum absolute atomic E-state index is 0.0316. The van der Waals surface area contributed by atoms with Crippen LogP contribution in [0.4, 0.5) is 0 Å². The number of aromatic nitrogens is 2. The van der Waals surface area contributed by atoms with Gasteiger partial charge in [0.2, 0.25) is 0 Å². The quantitative estimate of drug-likeness (QED) is 0.618. The highest BCUT2D eigenvalue weighted by Crippen LogP contribution is 2.24. The van der Waals surface area contributed by atoms with Crippen LogP contribution in [0.25, 0.3) is 15.7 Å². The lowest BCUT2D eigenvalue weighted by Gasteiger charge is -2.16. The Morgan fingerprint density at radius 2 is 2.04 bits per heavy atom. The highest BCUT2D eigenvalue weighted by atomic mass is 32.1. The molecule has 1 N–H and O–H groups in total. The third kappa shape index (κ3) is 2.72. The third-order valence-corrected chi connectivity index (χ3v) is 4.99. The number of nitrogens with one attached hydrogen (secondary N) is 1. The predicted molar refractivity (Wildman–Crippen MR) is 98.5 cm³/mol. The van der Waals surface area contributed by atoms with Gasteiger partial charge in [0.1, 0.15) is 0 Å². The van der Waals surface area contributed by atoms with Crippen LogP contribution < -0.4 is 10.9 Å². The third-order valence-electron chi connectivity index (χ3n) is 4.24. The van der Waals surface area contributed by atoms with Crippen molar-refractivity contribution in [2.75, 3.05) is 0 Å². The lowest BCUT2D eigenvalue weighted by Crippen LogP contribution is -2.21. The van der Waals surface area contributed by atoms with E-state index in [1.165, 1.54) is 27.7 Å². The zero-order valence-electron chi connectivity index (χ0n) is 13.3. The molecule has 0 unspecified atom stereocenters. The number of hydrogen-bond donors (Lipinski definition) is 1. The molecule has 0 spiro atoms. The second-order valence-electron chi connectivity index (χ2n) is 5.81. The van der Waals surface area contributed by atoms with Crippen LogP contribution >= 0.6 is 11.3 Å². The summed E-state index contributed by atoms with van der Waals surface area (Å²) in [6.07, 6.45) is 1.76. The Balaban J connectivity index is 1.59. The van der Waals surface area contributed by atoms with Crippen LogP contribution in [-0.4, -0.2) is 9.38 Å². The molecule has 2 heterocycles. The minimum atomic E-state index is -0.0316. The van der Waals surface area contributed by atoms with Crippen molar-refractivity contribution in [2.24, 2.45) is 0 Å². The predicted octanol–water partition coefficient (Wildman–Crippen LogP) is 3.76. The van der Waals surface area contributed by atoms with Gasteiger partial charge >= 0.3 is 0 Å². The van der Waals surface area contributed by atoms with Gasteiger partial charge in [-0.1, -0.05) is 42.5 Å². The summed E-state index contributed by atoms with van der Waals surface area (Å²) >= 11 is 1.47. The summed E-state index contributed by atoms with van der Waals surface area (Å²) in [7, 11) is 0. The molecule has 2 aromatic heterocycles. The Morgan fingerprint density at radius 3 is 2.96 bits per heavy atom. The number of nitrogens with zero attached hydrogens (tertiary/aromatic N) is 2. The first-order valence-corrected chi connectivity index (χ1v) is 8.77. The molecule has 5 heteroatoms. The summed E-state index contributed by atoms with van der Waals surface area (Å²) in [6.45, 7) is 2.70. The van der Waals surface area contributed by atoms with Gasteiger partial charge < -0.3 is 5.32 Å². The van der Waals surface area contributed by atoms with Crippen molar-refractivity contribution in [1.29, 1.82) is 0 Å². The van der Waals surface area contributed by atoms with Gasteiger partial charge in [-0.25, -0.2) is 4.98 Å². The molecule has 0 radical (unpaired) electrons. The largest absolute Gasteiger partial charge is 0.305 e. The zero-order valence-corrected chi connectivity index (χ0v) is 14.1. The van der Waals surface area contributed by atoms with Gasteiger partial charge in [0, 0.05) is 30.2 Å². The lowest BCUT2D eigenvalue weighted by atomic mass is 10.00. The molecule has 4 rings (SSSR count). The summed E-state index contributed by atoms with van der Waals surface area (Å²) < 4.78 is 1.57. The Kier molecular flexibility index (Phi) is 3.88. The van der Waals surface area contributed by atoms with E-state index in [4.69, 9.17) is 0 Å². The first-order valence-electron chi connectivity index (χ1n) is 7.89. The highest BCUT2D eigenvalue weighted by Gasteiger charge is 2.10.